The zero-order valence-corrected chi connectivity index (χ0v) is 15.4. The van der Waals surface area contributed by atoms with Crippen molar-refractivity contribution in [2.45, 2.75) is 37.1 Å². The number of nitrogens with zero attached hydrogens (tertiary/aromatic N) is 1. The van der Waals surface area contributed by atoms with Crippen LogP contribution in [0.15, 0.2) is 41.4 Å². The molecule has 3 fully saturated rings. The predicted octanol–water partition coefficient (Wildman–Crippen LogP) is 1.22. The van der Waals surface area contributed by atoms with Crippen molar-refractivity contribution >= 4 is 20.9 Å². The van der Waals surface area contributed by atoms with Gasteiger partial charge in [0.25, 0.3) is 0 Å². The molecule has 2 bridgehead atoms. The Bertz CT molecular complexity index is 863. The fourth-order valence-electron chi connectivity index (χ4n) is 4.71. The minimum Gasteiger partial charge on any atom is -0.331 e. The molecule has 3 aliphatic rings. The number of hydrogen-bond acceptors (Lipinski definition) is 3. The summed E-state index contributed by atoms with van der Waals surface area (Å²) < 4.78 is 28.6. The quantitative estimate of drug-likeness (QED) is 0.843. The third-order valence-electron chi connectivity index (χ3n) is 6.12. The number of benzene rings is 1. The number of sulfonamides is 1. The fourth-order valence-corrected chi connectivity index (χ4v) is 5.97. The summed E-state index contributed by atoms with van der Waals surface area (Å²) in [6.07, 6.45) is 5.32. The second-order valence-corrected chi connectivity index (χ2v) is 9.18. The molecule has 0 amide bonds. The van der Waals surface area contributed by atoms with Gasteiger partial charge in [-0.2, -0.15) is 0 Å². The van der Waals surface area contributed by atoms with Crippen molar-refractivity contribution in [3.63, 3.8) is 0 Å². The standard InChI is InChI=1S/C19H25N3O2S/c1-2-14-13-22-10-8-16(14)11-17(22)12-21-25(23,24)18-7-3-5-15-6-4-9-20-19(15)18/h3-7,9,14,16-17,21H,2,8,10-13H2,1H3/p+1/t14-,16-,17+/m0/s1. The van der Waals surface area contributed by atoms with Gasteiger partial charge in [-0.1, -0.05) is 25.1 Å². The average Bonchev–Trinajstić information content (AvgIpc) is 2.66. The first kappa shape index (κ1) is 16.9. The monoisotopic (exact) mass is 360 g/mol. The molecule has 0 saturated carbocycles. The van der Waals surface area contributed by atoms with Crippen molar-refractivity contribution in [1.29, 1.82) is 0 Å². The summed E-state index contributed by atoms with van der Waals surface area (Å²) >= 11 is 0. The van der Waals surface area contributed by atoms with Crippen LogP contribution in [0.4, 0.5) is 0 Å². The zero-order valence-electron chi connectivity index (χ0n) is 14.6. The van der Waals surface area contributed by atoms with Gasteiger partial charge in [-0.05, 0) is 24.5 Å². The maximum atomic E-state index is 12.9. The number of aromatic nitrogens is 1. The lowest BCUT2D eigenvalue weighted by Gasteiger charge is -2.46. The Morgan fingerprint density at radius 3 is 2.88 bits per heavy atom. The smallest absolute Gasteiger partial charge is 0.242 e. The van der Waals surface area contributed by atoms with Crippen LogP contribution in [0.3, 0.4) is 0 Å². The maximum Gasteiger partial charge on any atom is 0.242 e. The van der Waals surface area contributed by atoms with E-state index < -0.39 is 10.0 Å². The number of rotatable bonds is 5. The van der Waals surface area contributed by atoms with Crippen LogP contribution >= 0.6 is 0 Å². The van der Waals surface area contributed by atoms with Gasteiger partial charge in [0.05, 0.1) is 25.2 Å². The predicted molar refractivity (Wildman–Crippen MR) is 97.9 cm³/mol. The SMILES string of the molecule is CC[C@H]1C[NH+]2CC[C@H]1C[C@@H]2CNS(=O)(=O)c1cccc2cccnc12. The molecule has 5 rings (SSSR count). The summed E-state index contributed by atoms with van der Waals surface area (Å²) in [6.45, 7) is 5.18. The summed E-state index contributed by atoms with van der Waals surface area (Å²) in [5.41, 5.74) is 0.543. The molecule has 0 spiro atoms. The summed E-state index contributed by atoms with van der Waals surface area (Å²) in [7, 11) is -3.55. The lowest BCUT2D eigenvalue weighted by Crippen LogP contribution is -3.20. The van der Waals surface area contributed by atoms with Gasteiger partial charge in [0.2, 0.25) is 10.0 Å². The molecular weight excluding hydrogens is 334 g/mol. The molecule has 2 N–H and O–H groups in total. The Kier molecular flexibility index (Phi) is 4.52. The zero-order chi connectivity index (χ0) is 17.4. The van der Waals surface area contributed by atoms with Crippen molar-refractivity contribution in [3.05, 3.63) is 36.5 Å². The van der Waals surface area contributed by atoms with E-state index in [1.165, 1.54) is 25.9 Å². The minimum absolute atomic E-state index is 0.281. The Labute approximate surface area is 149 Å². The molecule has 134 valence electrons. The highest BCUT2D eigenvalue weighted by Gasteiger charge is 2.42. The Morgan fingerprint density at radius 2 is 2.12 bits per heavy atom. The van der Waals surface area contributed by atoms with Crippen LogP contribution in [0.5, 0.6) is 0 Å². The van der Waals surface area contributed by atoms with E-state index in [1.807, 2.05) is 18.2 Å². The molecule has 6 heteroatoms. The lowest BCUT2D eigenvalue weighted by atomic mass is 9.74. The first-order valence-corrected chi connectivity index (χ1v) is 10.7. The van der Waals surface area contributed by atoms with Crippen LogP contribution in [-0.2, 0) is 10.0 Å². The van der Waals surface area contributed by atoms with Crippen LogP contribution < -0.4 is 9.62 Å². The Hall–Kier alpha value is -1.50. The van der Waals surface area contributed by atoms with E-state index in [1.54, 1.807) is 23.2 Å². The minimum atomic E-state index is -3.55. The van der Waals surface area contributed by atoms with Gasteiger partial charge in [-0.15, -0.1) is 0 Å². The molecule has 0 radical (unpaired) electrons. The molecule has 4 atom stereocenters. The average molecular weight is 361 g/mol. The van der Waals surface area contributed by atoms with Gasteiger partial charge >= 0.3 is 0 Å². The molecule has 2 aromatic rings. The molecule has 0 aliphatic carbocycles. The second-order valence-electron chi connectivity index (χ2n) is 7.45. The Morgan fingerprint density at radius 1 is 1.28 bits per heavy atom. The molecule has 5 nitrogen and oxygen atoms in total. The molecular formula is C19H26N3O2S+. The number of hydrogen-bond donors (Lipinski definition) is 2. The maximum absolute atomic E-state index is 12.9. The van der Waals surface area contributed by atoms with Crippen LogP contribution in [0.25, 0.3) is 10.9 Å². The highest BCUT2D eigenvalue weighted by molar-refractivity contribution is 7.89. The highest BCUT2D eigenvalue weighted by Crippen LogP contribution is 2.29. The number of nitrogens with one attached hydrogen (secondary N) is 2. The first-order valence-electron chi connectivity index (χ1n) is 9.26. The van der Waals surface area contributed by atoms with E-state index in [0.29, 0.717) is 18.1 Å². The molecule has 4 heterocycles. The number of piperidine rings is 3. The van der Waals surface area contributed by atoms with Crippen molar-refractivity contribution < 1.29 is 13.3 Å². The number of fused-ring (bicyclic) bond motifs is 4. The van der Waals surface area contributed by atoms with E-state index in [9.17, 15) is 8.42 Å². The lowest BCUT2D eigenvalue weighted by molar-refractivity contribution is -0.945. The van der Waals surface area contributed by atoms with E-state index in [2.05, 4.69) is 16.6 Å². The summed E-state index contributed by atoms with van der Waals surface area (Å²) in [5, 5.41) is 0.849. The van der Waals surface area contributed by atoms with Gasteiger partial charge in [-0.25, -0.2) is 13.1 Å². The van der Waals surface area contributed by atoms with Crippen LogP contribution in [0, 0.1) is 11.8 Å². The van der Waals surface area contributed by atoms with Gasteiger partial charge in [0.15, 0.2) is 0 Å². The van der Waals surface area contributed by atoms with Gasteiger partial charge < -0.3 is 4.90 Å². The molecule has 1 aromatic carbocycles. The second kappa shape index (κ2) is 6.67. The normalized spacial score (nSPS) is 29.2. The van der Waals surface area contributed by atoms with Crippen LogP contribution in [0.2, 0.25) is 0 Å². The third kappa shape index (κ3) is 3.18. The summed E-state index contributed by atoms with van der Waals surface area (Å²) in [6, 6.07) is 9.43. The molecule has 3 aliphatic heterocycles. The third-order valence-corrected chi connectivity index (χ3v) is 7.58. The summed E-state index contributed by atoms with van der Waals surface area (Å²) in [4.78, 5) is 6.13. The first-order chi connectivity index (χ1) is 12.1. The van der Waals surface area contributed by atoms with Crippen LogP contribution in [-0.4, -0.2) is 39.1 Å². The van der Waals surface area contributed by atoms with E-state index in [-0.39, 0.29) is 4.90 Å². The van der Waals surface area contributed by atoms with E-state index in [0.717, 1.165) is 23.6 Å². The Balaban J connectivity index is 1.51. The fraction of sp³-hybridized carbons (Fsp3) is 0.526. The topological polar surface area (TPSA) is 63.5 Å². The number of quaternary nitrogens is 1. The summed E-state index contributed by atoms with van der Waals surface area (Å²) in [5.74, 6) is 1.59. The van der Waals surface area contributed by atoms with Crippen LogP contribution in [0.1, 0.15) is 26.2 Å². The largest absolute Gasteiger partial charge is 0.331 e. The van der Waals surface area contributed by atoms with Crippen molar-refractivity contribution in [2.75, 3.05) is 19.6 Å². The van der Waals surface area contributed by atoms with Gasteiger partial charge in [-0.3, -0.25) is 4.98 Å². The van der Waals surface area contributed by atoms with E-state index >= 15 is 0 Å². The number of pyridine rings is 1. The molecule has 25 heavy (non-hydrogen) atoms. The van der Waals surface area contributed by atoms with Crippen molar-refractivity contribution in [3.8, 4) is 0 Å². The number of para-hydroxylation sites is 1. The van der Waals surface area contributed by atoms with Crippen molar-refractivity contribution in [1.82, 2.24) is 9.71 Å². The van der Waals surface area contributed by atoms with Crippen molar-refractivity contribution in [2.24, 2.45) is 11.8 Å². The van der Waals surface area contributed by atoms with E-state index in [4.69, 9.17) is 0 Å². The van der Waals surface area contributed by atoms with Gasteiger partial charge in [0.1, 0.15) is 10.9 Å². The molecule has 1 aromatic heterocycles. The van der Waals surface area contributed by atoms with Gasteiger partial charge in [0, 0.05) is 30.3 Å². The highest BCUT2D eigenvalue weighted by atomic mass is 32.2. The molecule has 1 unspecified atom stereocenters. The molecule has 3 saturated heterocycles.